The molecule has 2 heterocycles. The average molecular weight is 488 g/mol. The van der Waals surface area contributed by atoms with E-state index in [2.05, 4.69) is 10.6 Å². The molecule has 0 saturated carbocycles. The summed E-state index contributed by atoms with van der Waals surface area (Å²) in [7, 11) is -3.70. The number of nitrogens with zero attached hydrogens (tertiary/aromatic N) is 1. The molecule has 1 aliphatic heterocycles. The van der Waals surface area contributed by atoms with Crippen LogP contribution < -0.4 is 14.9 Å². The number of hydrogen-bond donors (Lipinski definition) is 2. The Morgan fingerprint density at radius 3 is 2.58 bits per heavy atom. The quantitative estimate of drug-likeness (QED) is 0.522. The SMILES string of the molecule is O=C(NCCc1ccc(F)cc1)C(=O)Nc1ccc2c(c1)N(S(=O)(=O)c1cccs1)CCC2. The number of carbonyl (C=O) groups excluding carboxylic acids is 2. The predicted octanol–water partition coefficient (Wildman–Crippen LogP) is 3.33. The predicted molar refractivity (Wildman–Crippen MR) is 125 cm³/mol. The molecule has 33 heavy (non-hydrogen) atoms. The molecule has 4 rings (SSSR count). The van der Waals surface area contributed by atoms with Gasteiger partial charge in [0, 0.05) is 18.8 Å². The molecule has 2 N–H and O–H groups in total. The third-order valence-electron chi connectivity index (χ3n) is 5.28. The van der Waals surface area contributed by atoms with Crippen LogP contribution in [-0.4, -0.2) is 33.3 Å². The minimum atomic E-state index is -3.70. The Morgan fingerprint density at radius 2 is 1.85 bits per heavy atom. The van der Waals surface area contributed by atoms with Crippen molar-refractivity contribution >= 4 is 44.5 Å². The van der Waals surface area contributed by atoms with E-state index in [1.165, 1.54) is 16.4 Å². The summed E-state index contributed by atoms with van der Waals surface area (Å²) >= 11 is 1.15. The zero-order chi connectivity index (χ0) is 23.4. The van der Waals surface area contributed by atoms with Gasteiger partial charge in [-0.05, 0) is 66.1 Å². The summed E-state index contributed by atoms with van der Waals surface area (Å²) in [5, 5.41) is 6.78. The molecule has 0 bridgehead atoms. The van der Waals surface area contributed by atoms with Gasteiger partial charge in [0.2, 0.25) is 0 Å². The molecule has 10 heteroatoms. The van der Waals surface area contributed by atoms with E-state index in [-0.39, 0.29) is 16.6 Å². The fourth-order valence-corrected chi connectivity index (χ4v) is 6.26. The first-order valence-electron chi connectivity index (χ1n) is 10.4. The summed E-state index contributed by atoms with van der Waals surface area (Å²) < 4.78 is 40.7. The lowest BCUT2D eigenvalue weighted by atomic mass is 10.0. The van der Waals surface area contributed by atoms with Crippen molar-refractivity contribution in [3.8, 4) is 0 Å². The molecule has 0 unspecified atom stereocenters. The number of benzene rings is 2. The van der Waals surface area contributed by atoms with Gasteiger partial charge in [-0.15, -0.1) is 11.3 Å². The second-order valence-electron chi connectivity index (χ2n) is 7.54. The van der Waals surface area contributed by atoms with E-state index >= 15 is 0 Å². The van der Waals surface area contributed by atoms with Crippen LogP contribution in [0.3, 0.4) is 0 Å². The Hall–Kier alpha value is -3.24. The first-order chi connectivity index (χ1) is 15.8. The maximum absolute atomic E-state index is 13.1. The van der Waals surface area contributed by atoms with Gasteiger partial charge in [0.15, 0.2) is 0 Å². The number of aryl methyl sites for hydroxylation is 1. The summed E-state index contributed by atoms with van der Waals surface area (Å²) in [6.45, 7) is 0.559. The zero-order valence-corrected chi connectivity index (χ0v) is 19.2. The Bertz CT molecular complexity index is 1260. The Morgan fingerprint density at radius 1 is 1.06 bits per heavy atom. The van der Waals surface area contributed by atoms with Crippen LogP contribution in [0.5, 0.6) is 0 Å². The van der Waals surface area contributed by atoms with Crippen LogP contribution in [-0.2, 0) is 32.5 Å². The lowest BCUT2D eigenvalue weighted by Crippen LogP contribution is -2.37. The first kappa shape index (κ1) is 22.9. The van der Waals surface area contributed by atoms with Gasteiger partial charge in [0.1, 0.15) is 10.0 Å². The lowest BCUT2D eigenvalue weighted by molar-refractivity contribution is -0.136. The van der Waals surface area contributed by atoms with Crippen molar-refractivity contribution in [2.24, 2.45) is 0 Å². The topological polar surface area (TPSA) is 95.6 Å². The van der Waals surface area contributed by atoms with E-state index < -0.39 is 21.8 Å². The van der Waals surface area contributed by atoms with Crippen LogP contribution in [0.1, 0.15) is 17.5 Å². The van der Waals surface area contributed by atoms with Gasteiger partial charge in [0.25, 0.3) is 10.0 Å². The number of halogens is 1. The minimum Gasteiger partial charge on any atom is -0.347 e. The van der Waals surface area contributed by atoms with Crippen molar-refractivity contribution in [2.75, 3.05) is 22.7 Å². The Balaban J connectivity index is 1.42. The molecule has 1 aliphatic rings. The molecule has 7 nitrogen and oxygen atoms in total. The van der Waals surface area contributed by atoms with Crippen molar-refractivity contribution < 1.29 is 22.4 Å². The van der Waals surface area contributed by atoms with Crippen LogP contribution in [0.4, 0.5) is 15.8 Å². The summed E-state index contributed by atoms with van der Waals surface area (Å²) in [5.74, 6) is -2.00. The summed E-state index contributed by atoms with van der Waals surface area (Å²) in [5.41, 5.74) is 2.53. The third-order valence-corrected chi connectivity index (χ3v) is 8.46. The van der Waals surface area contributed by atoms with Gasteiger partial charge in [-0.2, -0.15) is 0 Å². The normalized spacial score (nSPS) is 13.3. The number of fused-ring (bicyclic) bond motifs is 1. The smallest absolute Gasteiger partial charge is 0.313 e. The summed E-state index contributed by atoms with van der Waals surface area (Å²) in [6, 6.07) is 14.2. The fourth-order valence-electron chi connectivity index (χ4n) is 3.63. The van der Waals surface area contributed by atoms with Gasteiger partial charge in [0.05, 0.1) is 5.69 Å². The maximum Gasteiger partial charge on any atom is 0.313 e. The van der Waals surface area contributed by atoms with E-state index in [0.29, 0.717) is 30.8 Å². The second kappa shape index (κ2) is 9.72. The number of anilines is 2. The Kier molecular flexibility index (Phi) is 6.75. The number of carbonyl (C=O) groups is 2. The largest absolute Gasteiger partial charge is 0.347 e. The highest BCUT2D eigenvalue weighted by Gasteiger charge is 2.30. The molecular formula is C23H22FN3O4S2. The fraction of sp³-hybridized carbons (Fsp3) is 0.217. The van der Waals surface area contributed by atoms with Crippen LogP contribution in [0.25, 0.3) is 0 Å². The van der Waals surface area contributed by atoms with Crippen LogP contribution in [0.2, 0.25) is 0 Å². The molecule has 3 aromatic rings. The number of sulfonamides is 1. The highest BCUT2D eigenvalue weighted by molar-refractivity contribution is 7.94. The van der Waals surface area contributed by atoms with Gasteiger partial charge in [-0.1, -0.05) is 24.3 Å². The number of rotatable bonds is 6. The van der Waals surface area contributed by atoms with Gasteiger partial charge >= 0.3 is 11.8 Å². The van der Waals surface area contributed by atoms with Gasteiger partial charge < -0.3 is 10.6 Å². The standard InChI is InChI=1S/C23H22FN3O4S2/c24-18-8-5-16(6-9-18)11-12-25-22(28)23(29)26-19-10-7-17-3-1-13-27(20(17)15-19)33(30,31)21-4-2-14-32-21/h2,4-10,14-15H,1,3,11-13H2,(H,25,28)(H,26,29). The molecule has 172 valence electrons. The maximum atomic E-state index is 13.1. The number of hydrogen-bond acceptors (Lipinski definition) is 5. The van der Waals surface area contributed by atoms with Crippen LogP contribution in [0, 0.1) is 5.82 Å². The van der Waals surface area contributed by atoms with Gasteiger partial charge in [-0.3, -0.25) is 13.9 Å². The van der Waals surface area contributed by atoms with Gasteiger partial charge in [-0.25, -0.2) is 12.8 Å². The molecular weight excluding hydrogens is 465 g/mol. The monoisotopic (exact) mass is 487 g/mol. The number of amides is 2. The van der Waals surface area contributed by atoms with Crippen LogP contribution >= 0.6 is 11.3 Å². The van der Waals surface area contributed by atoms with E-state index in [1.54, 1.807) is 47.8 Å². The highest BCUT2D eigenvalue weighted by Crippen LogP contribution is 2.35. The molecule has 0 aliphatic carbocycles. The third kappa shape index (κ3) is 5.23. The molecule has 0 radical (unpaired) electrons. The van der Waals surface area contributed by atoms with Crippen molar-refractivity contribution in [1.82, 2.24) is 5.32 Å². The second-order valence-corrected chi connectivity index (χ2v) is 10.6. The van der Waals surface area contributed by atoms with Crippen molar-refractivity contribution in [1.29, 1.82) is 0 Å². The average Bonchev–Trinajstić information content (AvgIpc) is 3.36. The highest BCUT2D eigenvalue weighted by atomic mass is 32.2. The van der Waals surface area contributed by atoms with Crippen molar-refractivity contribution in [2.45, 2.75) is 23.5 Å². The molecule has 0 saturated heterocycles. The number of thiophene rings is 1. The van der Waals surface area contributed by atoms with E-state index in [1.807, 2.05) is 0 Å². The summed E-state index contributed by atoms with van der Waals surface area (Å²) in [6.07, 6.45) is 1.87. The van der Waals surface area contributed by atoms with E-state index in [9.17, 15) is 22.4 Å². The molecule has 2 aromatic carbocycles. The Labute approximate surface area is 195 Å². The molecule has 0 atom stereocenters. The van der Waals surface area contributed by atoms with Crippen molar-refractivity contribution in [3.63, 3.8) is 0 Å². The van der Waals surface area contributed by atoms with E-state index in [4.69, 9.17) is 0 Å². The lowest BCUT2D eigenvalue weighted by Gasteiger charge is -2.30. The molecule has 2 amide bonds. The molecule has 0 fully saturated rings. The first-order valence-corrected chi connectivity index (χ1v) is 12.7. The van der Waals surface area contributed by atoms with Crippen LogP contribution in [0.15, 0.2) is 64.2 Å². The van der Waals surface area contributed by atoms with E-state index in [0.717, 1.165) is 28.9 Å². The molecule has 0 spiro atoms. The number of nitrogens with one attached hydrogen (secondary N) is 2. The summed E-state index contributed by atoms with van der Waals surface area (Å²) in [4.78, 5) is 24.5. The minimum absolute atomic E-state index is 0.217. The van der Waals surface area contributed by atoms with Crippen molar-refractivity contribution in [3.05, 3.63) is 76.9 Å². The molecule has 1 aromatic heterocycles. The zero-order valence-electron chi connectivity index (χ0n) is 17.6.